The maximum atomic E-state index is 11.2. The Morgan fingerprint density at radius 1 is 1.40 bits per heavy atom. The predicted octanol–water partition coefficient (Wildman–Crippen LogP) is -1.52. The third-order valence-electron chi connectivity index (χ3n) is 1.51. The number of hydrogen-bond donors (Lipinski definition) is 3. The highest BCUT2D eigenvalue weighted by Gasteiger charge is 2.18. The van der Waals surface area contributed by atoms with Gasteiger partial charge in [0.05, 0.1) is 5.84 Å². The molecule has 0 fully saturated rings. The van der Waals surface area contributed by atoms with Crippen molar-refractivity contribution < 1.29 is 16.8 Å². The van der Waals surface area contributed by atoms with E-state index in [1.165, 1.54) is 0 Å². The van der Waals surface area contributed by atoms with E-state index in [9.17, 15) is 16.8 Å². The number of hydrogen-bond acceptors (Lipinski definition) is 5. The second kappa shape index (κ2) is 4.90. The zero-order valence-electron chi connectivity index (χ0n) is 8.52. The van der Waals surface area contributed by atoms with E-state index in [2.05, 4.69) is 4.72 Å². The Morgan fingerprint density at radius 2 is 1.87 bits per heavy atom. The Bertz CT molecular complexity index is 425. The molecule has 0 aliphatic carbocycles. The minimum atomic E-state index is -3.86. The lowest BCUT2D eigenvalue weighted by molar-refractivity contribution is 0.574. The molecule has 0 radical (unpaired) electrons. The van der Waals surface area contributed by atoms with E-state index >= 15 is 0 Å². The summed E-state index contributed by atoms with van der Waals surface area (Å²) in [6.07, 6.45) is 0.834. The van der Waals surface area contributed by atoms with E-state index in [0.29, 0.717) is 0 Å². The zero-order chi connectivity index (χ0) is 12.3. The topological polar surface area (TPSA) is 130 Å². The van der Waals surface area contributed by atoms with Gasteiger partial charge in [-0.2, -0.15) is 0 Å². The highest BCUT2D eigenvalue weighted by Crippen LogP contribution is 1.95. The predicted molar refractivity (Wildman–Crippen MR) is 57.7 cm³/mol. The first-order valence-electron chi connectivity index (χ1n) is 4.02. The van der Waals surface area contributed by atoms with Crippen molar-refractivity contribution in [2.24, 2.45) is 11.7 Å². The maximum absolute atomic E-state index is 11.2. The first-order valence-corrected chi connectivity index (χ1v) is 7.74. The SMILES string of the molecule is CC(CNS(=O)(=O)CS(C)(=O)=O)C(=N)N. The van der Waals surface area contributed by atoms with Crippen LogP contribution in [0, 0.1) is 11.3 Å². The quantitative estimate of drug-likeness (QED) is 0.393. The Morgan fingerprint density at radius 3 is 2.20 bits per heavy atom. The molecule has 0 bridgehead atoms. The van der Waals surface area contributed by atoms with Crippen molar-refractivity contribution >= 4 is 25.7 Å². The lowest BCUT2D eigenvalue weighted by atomic mass is 10.2. The summed E-state index contributed by atoms with van der Waals surface area (Å²) in [6.45, 7) is 1.48. The molecule has 7 nitrogen and oxygen atoms in total. The normalized spacial score (nSPS) is 14.8. The van der Waals surface area contributed by atoms with Gasteiger partial charge >= 0.3 is 0 Å². The number of amidine groups is 1. The first-order chi connectivity index (χ1) is 6.53. The van der Waals surface area contributed by atoms with Crippen LogP contribution in [0.2, 0.25) is 0 Å². The highest BCUT2D eigenvalue weighted by atomic mass is 32.3. The maximum Gasteiger partial charge on any atom is 0.226 e. The number of sulfone groups is 1. The molecule has 0 heterocycles. The van der Waals surface area contributed by atoms with Crippen molar-refractivity contribution in [2.45, 2.75) is 6.92 Å². The van der Waals surface area contributed by atoms with Crippen LogP contribution in [-0.2, 0) is 19.9 Å². The number of sulfonamides is 1. The molecule has 0 saturated heterocycles. The molecule has 15 heavy (non-hydrogen) atoms. The lowest BCUT2D eigenvalue weighted by Gasteiger charge is -2.10. The van der Waals surface area contributed by atoms with Crippen molar-refractivity contribution in [3.8, 4) is 0 Å². The Labute approximate surface area is 89.5 Å². The monoisotopic (exact) mass is 257 g/mol. The van der Waals surface area contributed by atoms with E-state index in [-0.39, 0.29) is 12.4 Å². The zero-order valence-corrected chi connectivity index (χ0v) is 10.2. The molecule has 1 atom stereocenters. The van der Waals surface area contributed by atoms with E-state index < -0.39 is 30.9 Å². The van der Waals surface area contributed by atoms with Gasteiger partial charge in [0.2, 0.25) is 10.0 Å². The lowest BCUT2D eigenvalue weighted by Crippen LogP contribution is -2.36. The molecule has 9 heteroatoms. The summed E-state index contributed by atoms with van der Waals surface area (Å²) in [6, 6.07) is 0. The average molecular weight is 257 g/mol. The molecule has 0 rings (SSSR count). The summed E-state index contributed by atoms with van der Waals surface area (Å²) in [5.41, 5.74) is 5.12. The van der Waals surface area contributed by atoms with Crippen LogP contribution in [0.5, 0.6) is 0 Å². The van der Waals surface area contributed by atoms with Crippen LogP contribution in [0.3, 0.4) is 0 Å². The van der Waals surface area contributed by atoms with Gasteiger partial charge in [0.1, 0.15) is 0 Å². The molecule has 0 aromatic rings. The highest BCUT2D eigenvalue weighted by molar-refractivity contribution is 8.06. The molecule has 0 aromatic heterocycles. The van der Waals surface area contributed by atoms with Gasteiger partial charge < -0.3 is 5.73 Å². The standard InChI is InChI=1S/C6H15N3O4S2/c1-5(6(7)8)3-9-15(12,13)4-14(2,10)11/h5,9H,3-4H2,1-2H3,(H3,7,8). The average Bonchev–Trinajstić information content (AvgIpc) is 1.95. The van der Waals surface area contributed by atoms with Crippen LogP contribution in [-0.4, -0.2) is 40.6 Å². The molecule has 0 aliphatic heterocycles. The number of nitrogens with one attached hydrogen (secondary N) is 2. The fourth-order valence-electron chi connectivity index (χ4n) is 0.685. The molecule has 4 N–H and O–H groups in total. The van der Waals surface area contributed by atoms with E-state index in [1.807, 2.05) is 0 Å². The summed E-state index contributed by atoms with van der Waals surface area (Å²) in [4.78, 5) is 0. The van der Waals surface area contributed by atoms with Crippen molar-refractivity contribution in [1.82, 2.24) is 4.72 Å². The van der Waals surface area contributed by atoms with E-state index in [4.69, 9.17) is 11.1 Å². The molecular weight excluding hydrogens is 242 g/mol. The minimum Gasteiger partial charge on any atom is -0.387 e. The van der Waals surface area contributed by atoms with Gasteiger partial charge in [-0.25, -0.2) is 21.6 Å². The molecule has 0 spiro atoms. The molecule has 0 aliphatic rings. The van der Waals surface area contributed by atoms with Crippen molar-refractivity contribution in [3.63, 3.8) is 0 Å². The summed E-state index contributed by atoms with van der Waals surface area (Å²) in [7, 11) is -7.44. The van der Waals surface area contributed by atoms with Gasteiger partial charge in [0.25, 0.3) is 0 Å². The molecule has 1 unspecified atom stereocenters. The van der Waals surface area contributed by atoms with Crippen LogP contribution in [0.25, 0.3) is 0 Å². The van der Waals surface area contributed by atoms with Crippen LogP contribution in [0.4, 0.5) is 0 Å². The molecule has 0 aromatic carbocycles. The Balaban J connectivity index is 4.36. The first kappa shape index (κ1) is 14.3. The van der Waals surface area contributed by atoms with Crippen LogP contribution in [0.1, 0.15) is 6.92 Å². The number of rotatable bonds is 6. The fraction of sp³-hybridized carbons (Fsp3) is 0.833. The minimum absolute atomic E-state index is 0.0762. The third-order valence-corrected chi connectivity index (χ3v) is 5.07. The second-order valence-corrected chi connectivity index (χ2v) is 7.68. The Kier molecular flexibility index (Phi) is 4.68. The van der Waals surface area contributed by atoms with Crippen molar-refractivity contribution in [2.75, 3.05) is 17.9 Å². The number of nitrogens with two attached hydrogens (primary N) is 1. The van der Waals surface area contributed by atoms with Gasteiger partial charge in [0.15, 0.2) is 14.9 Å². The van der Waals surface area contributed by atoms with Gasteiger partial charge in [0, 0.05) is 18.7 Å². The van der Waals surface area contributed by atoms with Gasteiger partial charge in [-0.05, 0) is 0 Å². The fourth-order valence-corrected chi connectivity index (χ4v) is 3.78. The molecule has 0 saturated carbocycles. The second-order valence-electron chi connectivity index (χ2n) is 3.36. The Hall–Kier alpha value is -0.670. The van der Waals surface area contributed by atoms with E-state index in [1.54, 1.807) is 6.92 Å². The van der Waals surface area contributed by atoms with Crippen LogP contribution in [0.15, 0.2) is 0 Å². The summed E-state index contributed by atoms with van der Waals surface area (Å²) in [5.74, 6) is -0.614. The smallest absolute Gasteiger partial charge is 0.226 e. The third kappa shape index (κ3) is 7.28. The van der Waals surface area contributed by atoms with Crippen LogP contribution >= 0.6 is 0 Å². The summed E-state index contributed by atoms with van der Waals surface area (Å²) in [5, 5.41) is 6.06. The van der Waals surface area contributed by atoms with Crippen LogP contribution < -0.4 is 10.5 Å². The summed E-state index contributed by atoms with van der Waals surface area (Å²) >= 11 is 0. The summed E-state index contributed by atoms with van der Waals surface area (Å²) < 4.78 is 45.9. The van der Waals surface area contributed by atoms with E-state index in [0.717, 1.165) is 6.26 Å². The van der Waals surface area contributed by atoms with Gasteiger partial charge in [-0.1, -0.05) is 6.92 Å². The van der Waals surface area contributed by atoms with Crippen molar-refractivity contribution in [1.29, 1.82) is 5.41 Å². The van der Waals surface area contributed by atoms with Crippen molar-refractivity contribution in [3.05, 3.63) is 0 Å². The largest absolute Gasteiger partial charge is 0.387 e. The van der Waals surface area contributed by atoms with Gasteiger partial charge in [-0.3, -0.25) is 5.41 Å². The van der Waals surface area contributed by atoms with Gasteiger partial charge in [-0.15, -0.1) is 0 Å². The molecular formula is C6H15N3O4S2. The molecule has 90 valence electrons. The molecule has 0 amide bonds.